The molecule has 20 heavy (non-hydrogen) atoms. The van der Waals surface area contributed by atoms with Crippen molar-refractivity contribution in [3.63, 3.8) is 0 Å². The second-order valence-corrected chi connectivity index (χ2v) is 5.13. The molecular weight excluding hydrogens is 252 g/mol. The molecule has 104 valence electrons. The number of nitrogens with zero attached hydrogens (tertiary/aromatic N) is 2. The number of carbonyl (C=O) groups excluding carboxylic acids is 1. The lowest BCUT2D eigenvalue weighted by Crippen LogP contribution is -2.31. The molecule has 0 unspecified atom stereocenters. The molecule has 4 heteroatoms. The lowest BCUT2D eigenvalue weighted by molar-refractivity contribution is 0.112. The van der Waals surface area contributed by atoms with Crippen LogP contribution in [-0.2, 0) is 0 Å². The van der Waals surface area contributed by atoms with Crippen LogP contribution in [0.2, 0.25) is 0 Å². The monoisotopic (exact) mass is 270 g/mol. The molecule has 1 aliphatic rings. The van der Waals surface area contributed by atoms with E-state index in [1.807, 2.05) is 24.3 Å². The summed E-state index contributed by atoms with van der Waals surface area (Å²) in [5.74, 6) is 1.60. The smallest absolute Gasteiger partial charge is 0.153 e. The minimum atomic E-state index is 0.660. The standard InChI is InChI=1S/C16H18N2O2/c1-20-14-5-6-15-12(10-14)9-13(11-19)16(17-15)18-7-3-2-4-8-18/h5-6,9-11H,2-4,7-8H2,1H3. The molecule has 2 aromatic rings. The van der Waals surface area contributed by atoms with Gasteiger partial charge in [0.05, 0.1) is 18.2 Å². The van der Waals surface area contributed by atoms with E-state index in [1.54, 1.807) is 7.11 Å². The van der Waals surface area contributed by atoms with Gasteiger partial charge in [-0.3, -0.25) is 4.79 Å². The van der Waals surface area contributed by atoms with Crippen molar-refractivity contribution in [3.8, 4) is 5.75 Å². The van der Waals surface area contributed by atoms with Crippen LogP contribution in [0.15, 0.2) is 24.3 Å². The van der Waals surface area contributed by atoms with Gasteiger partial charge in [-0.2, -0.15) is 0 Å². The van der Waals surface area contributed by atoms with Crippen molar-refractivity contribution in [2.75, 3.05) is 25.1 Å². The number of fused-ring (bicyclic) bond motifs is 1. The highest BCUT2D eigenvalue weighted by molar-refractivity contribution is 5.92. The predicted octanol–water partition coefficient (Wildman–Crippen LogP) is 3.05. The topological polar surface area (TPSA) is 42.4 Å². The Morgan fingerprint density at radius 2 is 2.00 bits per heavy atom. The Balaban J connectivity index is 2.09. The number of piperidine rings is 1. The Labute approximate surface area is 118 Å². The van der Waals surface area contributed by atoms with E-state index >= 15 is 0 Å². The number of anilines is 1. The fourth-order valence-electron chi connectivity index (χ4n) is 2.73. The summed E-state index contributed by atoms with van der Waals surface area (Å²) in [5.41, 5.74) is 1.56. The van der Waals surface area contributed by atoms with E-state index in [0.717, 1.165) is 41.8 Å². The summed E-state index contributed by atoms with van der Waals surface area (Å²) in [7, 11) is 1.64. The van der Waals surface area contributed by atoms with Crippen molar-refractivity contribution >= 4 is 23.0 Å². The molecular formula is C16H18N2O2. The summed E-state index contributed by atoms with van der Waals surface area (Å²) in [6, 6.07) is 7.66. The van der Waals surface area contributed by atoms with Crippen LogP contribution >= 0.6 is 0 Å². The number of benzene rings is 1. The van der Waals surface area contributed by atoms with Gasteiger partial charge < -0.3 is 9.64 Å². The first kappa shape index (κ1) is 12.9. The molecule has 4 nitrogen and oxygen atoms in total. The summed E-state index contributed by atoms with van der Waals surface area (Å²) in [6.07, 6.45) is 4.49. The van der Waals surface area contributed by atoms with Gasteiger partial charge in [-0.25, -0.2) is 4.98 Å². The quantitative estimate of drug-likeness (QED) is 0.804. The Hall–Kier alpha value is -2.10. The number of pyridine rings is 1. The molecule has 0 radical (unpaired) electrons. The van der Waals surface area contributed by atoms with E-state index in [0.29, 0.717) is 5.56 Å². The van der Waals surface area contributed by atoms with Gasteiger partial charge in [-0.05, 0) is 43.5 Å². The van der Waals surface area contributed by atoms with Gasteiger partial charge in [0, 0.05) is 18.5 Å². The highest BCUT2D eigenvalue weighted by Crippen LogP contribution is 2.27. The van der Waals surface area contributed by atoms with Crippen LogP contribution in [0.25, 0.3) is 10.9 Å². The van der Waals surface area contributed by atoms with Gasteiger partial charge >= 0.3 is 0 Å². The molecule has 3 rings (SSSR count). The SMILES string of the molecule is COc1ccc2nc(N3CCCCC3)c(C=O)cc2c1. The van der Waals surface area contributed by atoms with Crippen molar-refractivity contribution in [2.24, 2.45) is 0 Å². The van der Waals surface area contributed by atoms with Crippen LogP contribution in [-0.4, -0.2) is 31.5 Å². The van der Waals surface area contributed by atoms with Crippen LogP contribution in [0.5, 0.6) is 5.75 Å². The fraction of sp³-hybridized carbons (Fsp3) is 0.375. The summed E-state index contributed by atoms with van der Waals surface area (Å²) < 4.78 is 5.22. The lowest BCUT2D eigenvalue weighted by atomic mass is 10.1. The largest absolute Gasteiger partial charge is 0.497 e. The number of hydrogen-bond donors (Lipinski definition) is 0. The van der Waals surface area contributed by atoms with Crippen molar-refractivity contribution in [1.82, 2.24) is 4.98 Å². The predicted molar refractivity (Wildman–Crippen MR) is 79.7 cm³/mol. The van der Waals surface area contributed by atoms with E-state index in [-0.39, 0.29) is 0 Å². The average Bonchev–Trinajstić information content (AvgIpc) is 2.53. The molecule has 0 amide bonds. The van der Waals surface area contributed by atoms with Crippen molar-refractivity contribution in [2.45, 2.75) is 19.3 Å². The molecule has 0 bridgehead atoms. The van der Waals surface area contributed by atoms with Gasteiger partial charge in [0.15, 0.2) is 6.29 Å². The summed E-state index contributed by atoms with van der Waals surface area (Å²) in [5, 5.41) is 0.937. The Morgan fingerprint density at radius 1 is 1.20 bits per heavy atom. The van der Waals surface area contributed by atoms with Gasteiger partial charge in [-0.15, -0.1) is 0 Å². The molecule has 0 N–H and O–H groups in total. The number of aromatic nitrogens is 1. The number of methoxy groups -OCH3 is 1. The van der Waals surface area contributed by atoms with Gasteiger partial charge in [0.2, 0.25) is 0 Å². The van der Waals surface area contributed by atoms with Crippen LogP contribution in [0.3, 0.4) is 0 Å². The molecule has 1 aromatic heterocycles. The van der Waals surface area contributed by atoms with Gasteiger partial charge in [0.25, 0.3) is 0 Å². The van der Waals surface area contributed by atoms with E-state index < -0.39 is 0 Å². The van der Waals surface area contributed by atoms with E-state index in [1.165, 1.54) is 19.3 Å². The maximum atomic E-state index is 11.4. The summed E-state index contributed by atoms with van der Waals surface area (Å²) in [4.78, 5) is 18.3. The summed E-state index contributed by atoms with van der Waals surface area (Å²) in [6.45, 7) is 1.96. The number of hydrogen-bond acceptors (Lipinski definition) is 4. The Kier molecular flexibility index (Phi) is 3.54. The van der Waals surface area contributed by atoms with E-state index in [4.69, 9.17) is 4.74 Å². The highest BCUT2D eigenvalue weighted by atomic mass is 16.5. The van der Waals surface area contributed by atoms with E-state index in [9.17, 15) is 4.79 Å². The summed E-state index contributed by atoms with van der Waals surface area (Å²) >= 11 is 0. The maximum Gasteiger partial charge on any atom is 0.153 e. The molecule has 0 saturated carbocycles. The van der Waals surface area contributed by atoms with E-state index in [2.05, 4.69) is 9.88 Å². The minimum Gasteiger partial charge on any atom is -0.497 e. The number of carbonyl (C=O) groups is 1. The van der Waals surface area contributed by atoms with Crippen molar-refractivity contribution in [3.05, 3.63) is 29.8 Å². The zero-order chi connectivity index (χ0) is 13.9. The van der Waals surface area contributed by atoms with Gasteiger partial charge in [-0.1, -0.05) is 0 Å². The van der Waals surface area contributed by atoms with Crippen LogP contribution in [0, 0.1) is 0 Å². The molecule has 1 aliphatic heterocycles. The first-order chi connectivity index (χ1) is 9.81. The third-order valence-corrected chi connectivity index (χ3v) is 3.81. The zero-order valence-corrected chi connectivity index (χ0v) is 11.6. The second kappa shape index (κ2) is 5.49. The molecule has 2 heterocycles. The molecule has 1 aromatic carbocycles. The average molecular weight is 270 g/mol. The molecule has 1 fully saturated rings. The van der Waals surface area contributed by atoms with Gasteiger partial charge in [0.1, 0.15) is 11.6 Å². The fourth-order valence-corrected chi connectivity index (χ4v) is 2.73. The second-order valence-electron chi connectivity index (χ2n) is 5.13. The third-order valence-electron chi connectivity index (χ3n) is 3.81. The zero-order valence-electron chi connectivity index (χ0n) is 11.6. The molecule has 0 aliphatic carbocycles. The van der Waals surface area contributed by atoms with Crippen molar-refractivity contribution < 1.29 is 9.53 Å². The first-order valence-electron chi connectivity index (χ1n) is 7.01. The normalized spacial score (nSPS) is 15.3. The molecule has 0 spiro atoms. The minimum absolute atomic E-state index is 0.660. The van der Waals surface area contributed by atoms with Crippen LogP contribution in [0.4, 0.5) is 5.82 Å². The van der Waals surface area contributed by atoms with Crippen LogP contribution < -0.4 is 9.64 Å². The number of rotatable bonds is 3. The first-order valence-corrected chi connectivity index (χ1v) is 7.01. The number of ether oxygens (including phenoxy) is 1. The van der Waals surface area contributed by atoms with Crippen LogP contribution in [0.1, 0.15) is 29.6 Å². The molecule has 1 saturated heterocycles. The van der Waals surface area contributed by atoms with Crippen molar-refractivity contribution in [1.29, 1.82) is 0 Å². The third kappa shape index (κ3) is 2.33. The maximum absolute atomic E-state index is 11.4. The Morgan fingerprint density at radius 3 is 2.70 bits per heavy atom. The highest BCUT2D eigenvalue weighted by Gasteiger charge is 2.16. The Bertz CT molecular complexity index is 634. The molecule has 0 atom stereocenters. The number of aldehydes is 1. The lowest BCUT2D eigenvalue weighted by Gasteiger charge is -2.28.